The number of rotatable bonds is 11. The van der Waals surface area contributed by atoms with Gasteiger partial charge in [-0.15, -0.1) is 0 Å². The Morgan fingerprint density at radius 1 is 0.870 bits per heavy atom. The Morgan fingerprint density at radius 3 is 1.65 bits per heavy atom. The predicted octanol–water partition coefficient (Wildman–Crippen LogP) is 3.72. The van der Waals surface area contributed by atoms with Crippen molar-refractivity contribution in [3.63, 3.8) is 0 Å². The maximum atomic E-state index is 10.9. The summed E-state index contributed by atoms with van der Waals surface area (Å²) >= 11 is 0. The van der Waals surface area contributed by atoms with Gasteiger partial charge in [-0.1, -0.05) is 0 Å². The third kappa shape index (κ3) is 12.6. The highest BCUT2D eigenvalue weighted by atomic mass is 28.5. The van der Waals surface area contributed by atoms with Crippen molar-refractivity contribution >= 4 is 37.1 Å². The Hall–Kier alpha value is -0.489. The first-order valence-corrected chi connectivity index (χ1v) is 17.3. The SMILES string of the molecule is C[Si](C)(C)O[Si](C)(C)O[Si](C)(C)CCC(CC(=O)O)CC(=O)O. The normalized spacial score (nSPS) is 13.4. The lowest BCUT2D eigenvalue weighted by molar-refractivity contribution is -0.140. The largest absolute Gasteiger partial charge is 0.481 e. The Bertz CT molecular complexity index is 401. The lowest BCUT2D eigenvalue weighted by Crippen LogP contribution is -2.51. The second-order valence-electron chi connectivity index (χ2n) is 8.08. The average molecular weight is 381 g/mol. The number of aliphatic carboxylic acids is 2. The molecule has 0 aliphatic carbocycles. The van der Waals surface area contributed by atoms with E-state index >= 15 is 0 Å². The first-order chi connectivity index (χ1) is 10.1. The molecular formula is C14H32O6Si3. The van der Waals surface area contributed by atoms with Gasteiger partial charge in [0.25, 0.3) is 0 Å². The van der Waals surface area contributed by atoms with Crippen LogP contribution in [0.3, 0.4) is 0 Å². The molecule has 9 heteroatoms. The second-order valence-corrected chi connectivity index (χ2v) is 20.8. The number of carboxylic acids is 2. The molecule has 2 N–H and O–H groups in total. The van der Waals surface area contributed by atoms with Gasteiger partial charge in [0.15, 0.2) is 16.6 Å². The van der Waals surface area contributed by atoms with Gasteiger partial charge in [-0.25, -0.2) is 0 Å². The molecule has 23 heavy (non-hydrogen) atoms. The Labute approximate surface area is 142 Å². The van der Waals surface area contributed by atoms with E-state index < -0.39 is 37.1 Å². The monoisotopic (exact) mass is 380 g/mol. The predicted molar refractivity (Wildman–Crippen MR) is 97.9 cm³/mol. The fourth-order valence-corrected chi connectivity index (χ4v) is 16.1. The van der Waals surface area contributed by atoms with Crippen molar-refractivity contribution in [2.45, 2.75) is 71.1 Å². The molecule has 6 nitrogen and oxygen atoms in total. The summed E-state index contributed by atoms with van der Waals surface area (Å²) in [7, 11) is -5.93. The lowest BCUT2D eigenvalue weighted by Gasteiger charge is -2.37. The van der Waals surface area contributed by atoms with Crippen molar-refractivity contribution in [3.8, 4) is 0 Å². The van der Waals surface area contributed by atoms with E-state index in [4.69, 9.17) is 18.4 Å². The van der Waals surface area contributed by atoms with Crippen LogP contribution in [0, 0.1) is 5.92 Å². The second kappa shape index (κ2) is 8.56. The molecule has 0 saturated carbocycles. The zero-order valence-corrected chi connectivity index (χ0v) is 18.4. The fraction of sp³-hybridized carbons (Fsp3) is 0.857. The van der Waals surface area contributed by atoms with Crippen LogP contribution in [0.25, 0.3) is 0 Å². The van der Waals surface area contributed by atoms with Gasteiger partial charge in [-0.2, -0.15) is 0 Å². The van der Waals surface area contributed by atoms with Crippen LogP contribution in [0.5, 0.6) is 0 Å². The third-order valence-electron chi connectivity index (χ3n) is 3.16. The molecule has 0 aromatic heterocycles. The van der Waals surface area contributed by atoms with Crippen LogP contribution in [0.2, 0.25) is 51.9 Å². The number of hydrogen-bond acceptors (Lipinski definition) is 4. The maximum absolute atomic E-state index is 10.9. The van der Waals surface area contributed by atoms with Gasteiger partial charge in [-0.05, 0) is 64.2 Å². The van der Waals surface area contributed by atoms with E-state index in [1.807, 2.05) is 13.1 Å². The van der Waals surface area contributed by atoms with E-state index in [1.54, 1.807) is 0 Å². The van der Waals surface area contributed by atoms with Crippen LogP contribution in [0.1, 0.15) is 19.3 Å². The van der Waals surface area contributed by atoms with Crippen LogP contribution in [-0.2, 0) is 17.8 Å². The summed E-state index contributed by atoms with van der Waals surface area (Å²) in [5.74, 6) is -2.25. The molecule has 0 radical (unpaired) electrons. The van der Waals surface area contributed by atoms with Crippen LogP contribution >= 0.6 is 0 Å². The standard InChI is InChI=1S/C14H32O6Si3/c1-21(2,3)19-23(6,7)20-22(4,5)9-8-12(10-13(15)16)11-14(17)18/h12H,8-11H2,1-7H3,(H,15,16)(H,17,18). The summed E-state index contributed by atoms with van der Waals surface area (Å²) in [5, 5.41) is 17.8. The van der Waals surface area contributed by atoms with Crippen molar-refractivity contribution < 1.29 is 28.0 Å². The molecule has 0 heterocycles. The number of hydrogen-bond donors (Lipinski definition) is 2. The number of carbonyl (C=O) groups is 2. The molecule has 0 aliphatic rings. The molecule has 0 unspecified atom stereocenters. The first kappa shape index (κ1) is 22.5. The van der Waals surface area contributed by atoms with E-state index in [1.165, 1.54) is 0 Å². The molecule has 0 rings (SSSR count). The molecule has 0 atom stereocenters. The van der Waals surface area contributed by atoms with Crippen molar-refractivity contribution in [2.75, 3.05) is 0 Å². The molecule has 0 saturated heterocycles. The minimum Gasteiger partial charge on any atom is -0.481 e. The van der Waals surface area contributed by atoms with Crippen LogP contribution < -0.4 is 0 Å². The zero-order valence-electron chi connectivity index (χ0n) is 15.4. The van der Waals surface area contributed by atoms with Crippen molar-refractivity contribution in [1.29, 1.82) is 0 Å². The van der Waals surface area contributed by atoms with Gasteiger partial charge >= 0.3 is 20.5 Å². The topological polar surface area (TPSA) is 93.1 Å². The third-order valence-corrected chi connectivity index (χ3v) is 13.2. The zero-order chi connectivity index (χ0) is 18.5. The summed E-state index contributed by atoms with van der Waals surface area (Å²) in [6.07, 6.45) is 0.348. The summed E-state index contributed by atoms with van der Waals surface area (Å²) in [4.78, 5) is 21.8. The summed E-state index contributed by atoms with van der Waals surface area (Å²) in [6.45, 7) is 14.7. The highest BCUT2D eigenvalue weighted by Gasteiger charge is 2.38. The van der Waals surface area contributed by atoms with Gasteiger partial charge in [0, 0.05) is 12.8 Å². The van der Waals surface area contributed by atoms with E-state index in [0.29, 0.717) is 6.42 Å². The molecule has 136 valence electrons. The minimum atomic E-state index is -2.22. The van der Waals surface area contributed by atoms with Crippen molar-refractivity contribution in [3.05, 3.63) is 0 Å². The Kier molecular flexibility index (Phi) is 8.38. The molecule has 0 spiro atoms. The summed E-state index contributed by atoms with van der Waals surface area (Å²) < 4.78 is 12.6. The van der Waals surface area contributed by atoms with Gasteiger partial charge in [-0.3, -0.25) is 9.59 Å². The van der Waals surface area contributed by atoms with Crippen LogP contribution in [0.15, 0.2) is 0 Å². The Morgan fingerprint density at radius 2 is 1.30 bits per heavy atom. The first-order valence-electron chi connectivity index (χ1n) is 7.96. The van der Waals surface area contributed by atoms with Gasteiger partial charge < -0.3 is 18.4 Å². The van der Waals surface area contributed by atoms with Gasteiger partial charge in [0.1, 0.15) is 0 Å². The molecule has 0 aromatic carbocycles. The molecule has 0 amide bonds. The quantitative estimate of drug-likeness (QED) is 0.531. The lowest BCUT2D eigenvalue weighted by atomic mass is 9.99. The Balaban J connectivity index is 4.69. The molecule has 0 fully saturated rings. The van der Waals surface area contributed by atoms with Gasteiger partial charge in [0.2, 0.25) is 0 Å². The molecule has 0 aromatic rings. The summed E-state index contributed by atoms with van der Waals surface area (Å²) in [5.41, 5.74) is 0. The smallest absolute Gasteiger partial charge is 0.311 e. The van der Waals surface area contributed by atoms with E-state index in [2.05, 4.69) is 32.7 Å². The number of carboxylic acid groups (broad SMARTS) is 2. The fourth-order valence-electron chi connectivity index (χ4n) is 2.80. The molecule has 0 bridgehead atoms. The van der Waals surface area contributed by atoms with Crippen LogP contribution in [0.4, 0.5) is 0 Å². The van der Waals surface area contributed by atoms with Crippen LogP contribution in [-0.4, -0.2) is 47.3 Å². The van der Waals surface area contributed by atoms with Crippen molar-refractivity contribution in [1.82, 2.24) is 0 Å². The van der Waals surface area contributed by atoms with E-state index in [-0.39, 0.29) is 18.8 Å². The molecular weight excluding hydrogens is 348 g/mol. The van der Waals surface area contributed by atoms with E-state index in [9.17, 15) is 9.59 Å². The van der Waals surface area contributed by atoms with E-state index in [0.717, 1.165) is 6.04 Å². The minimum absolute atomic E-state index is 0.108. The summed E-state index contributed by atoms with van der Waals surface area (Å²) in [6, 6.07) is 0.740. The average Bonchev–Trinajstić information content (AvgIpc) is 2.18. The maximum Gasteiger partial charge on any atom is 0.311 e. The van der Waals surface area contributed by atoms with Crippen molar-refractivity contribution in [2.24, 2.45) is 5.92 Å². The molecule has 0 aliphatic heterocycles. The van der Waals surface area contributed by atoms with Gasteiger partial charge in [0.05, 0.1) is 0 Å². The highest BCUT2D eigenvalue weighted by Crippen LogP contribution is 2.27. The highest BCUT2D eigenvalue weighted by molar-refractivity contribution is 6.87.